The van der Waals surface area contributed by atoms with E-state index in [1.807, 2.05) is 54.9 Å². The molecule has 0 radical (unpaired) electrons. The number of anilines is 1. The molecular weight excluding hydrogens is 374 g/mol. The van der Waals surface area contributed by atoms with E-state index in [4.69, 9.17) is 0 Å². The van der Waals surface area contributed by atoms with E-state index in [0.717, 1.165) is 16.1 Å². The summed E-state index contributed by atoms with van der Waals surface area (Å²) < 4.78 is 1.73. The summed E-state index contributed by atoms with van der Waals surface area (Å²) in [7, 11) is 3.59. The predicted octanol–water partition coefficient (Wildman–Crippen LogP) is 3.24. The van der Waals surface area contributed by atoms with Gasteiger partial charge in [-0.25, -0.2) is 4.79 Å². The highest BCUT2D eigenvalue weighted by Crippen LogP contribution is 2.31. The van der Waals surface area contributed by atoms with Crippen LogP contribution in [0.2, 0.25) is 0 Å². The topological polar surface area (TPSA) is 79.3 Å². The molecular formula is C20H21N5O2S. The number of aromatic nitrogens is 2. The molecule has 4 rings (SSSR count). The van der Waals surface area contributed by atoms with Crippen LogP contribution in [0.25, 0.3) is 10.4 Å². The first-order valence-corrected chi connectivity index (χ1v) is 9.86. The average molecular weight is 395 g/mol. The molecule has 7 nitrogen and oxygen atoms in total. The van der Waals surface area contributed by atoms with Gasteiger partial charge in [0, 0.05) is 37.3 Å². The van der Waals surface area contributed by atoms with E-state index in [1.165, 1.54) is 0 Å². The van der Waals surface area contributed by atoms with Crippen molar-refractivity contribution in [1.29, 1.82) is 0 Å². The Morgan fingerprint density at radius 2 is 2.07 bits per heavy atom. The minimum absolute atomic E-state index is 0.00353. The third kappa shape index (κ3) is 3.50. The molecule has 1 saturated heterocycles. The number of benzene rings is 1. The zero-order valence-electron chi connectivity index (χ0n) is 15.6. The second kappa shape index (κ2) is 7.47. The lowest BCUT2D eigenvalue weighted by molar-refractivity contribution is -0.127. The van der Waals surface area contributed by atoms with Crippen molar-refractivity contribution >= 4 is 29.0 Å². The molecule has 2 atom stereocenters. The van der Waals surface area contributed by atoms with Crippen LogP contribution in [-0.4, -0.2) is 39.7 Å². The third-order valence-corrected chi connectivity index (χ3v) is 5.91. The van der Waals surface area contributed by atoms with Crippen LogP contribution in [0.3, 0.4) is 0 Å². The molecule has 3 heterocycles. The lowest BCUT2D eigenvalue weighted by Gasteiger charge is -2.25. The minimum Gasteiger partial charge on any atom is -0.335 e. The van der Waals surface area contributed by atoms with Gasteiger partial charge in [0.05, 0.1) is 17.8 Å². The summed E-state index contributed by atoms with van der Waals surface area (Å²) in [5.41, 5.74) is 2.65. The Hall–Kier alpha value is -3.13. The Kier molecular flexibility index (Phi) is 4.87. The lowest BCUT2D eigenvalue weighted by Crippen LogP contribution is -2.41. The number of amides is 3. The SMILES string of the molecule is CN1C(=O)C[C@@H](NC(=O)Nc2cccc(-c3cccs3)c2)[C@@H]1c1ccnn1C. The lowest BCUT2D eigenvalue weighted by atomic mass is 10.1. The summed E-state index contributed by atoms with van der Waals surface area (Å²) in [6.07, 6.45) is 1.95. The van der Waals surface area contributed by atoms with Crippen molar-refractivity contribution in [3.05, 3.63) is 59.7 Å². The van der Waals surface area contributed by atoms with Crippen molar-refractivity contribution < 1.29 is 9.59 Å². The van der Waals surface area contributed by atoms with Crippen LogP contribution in [0.15, 0.2) is 54.0 Å². The summed E-state index contributed by atoms with van der Waals surface area (Å²) in [6, 6.07) is 12.7. The number of carbonyl (C=O) groups excluding carboxylic acids is 2. The number of hydrogen-bond acceptors (Lipinski definition) is 4. The highest BCUT2D eigenvalue weighted by atomic mass is 32.1. The predicted molar refractivity (Wildman–Crippen MR) is 109 cm³/mol. The Morgan fingerprint density at radius 3 is 2.79 bits per heavy atom. The summed E-state index contributed by atoms with van der Waals surface area (Å²) in [5, 5.41) is 12.1. The maximum atomic E-state index is 12.6. The summed E-state index contributed by atoms with van der Waals surface area (Å²) in [5.74, 6) is -0.00353. The zero-order valence-corrected chi connectivity index (χ0v) is 16.4. The number of likely N-dealkylation sites (N-methyl/N-ethyl adjacent to an activating group) is 1. The van der Waals surface area contributed by atoms with Crippen LogP contribution < -0.4 is 10.6 Å². The van der Waals surface area contributed by atoms with E-state index < -0.39 is 0 Å². The Balaban J connectivity index is 1.48. The van der Waals surface area contributed by atoms with Crippen molar-refractivity contribution in [3.8, 4) is 10.4 Å². The number of nitrogens with zero attached hydrogens (tertiary/aromatic N) is 3. The molecule has 0 spiro atoms. The molecule has 1 aliphatic rings. The normalized spacial score (nSPS) is 19.1. The molecule has 1 aliphatic heterocycles. The maximum absolute atomic E-state index is 12.6. The number of likely N-dealkylation sites (tertiary alicyclic amines) is 1. The van der Waals surface area contributed by atoms with Crippen LogP contribution in [0.4, 0.5) is 10.5 Å². The molecule has 0 aliphatic carbocycles. The highest BCUT2D eigenvalue weighted by Gasteiger charge is 2.40. The van der Waals surface area contributed by atoms with Gasteiger partial charge in [0.25, 0.3) is 0 Å². The van der Waals surface area contributed by atoms with E-state index in [1.54, 1.807) is 34.2 Å². The van der Waals surface area contributed by atoms with Gasteiger partial charge in [-0.05, 0) is 35.2 Å². The van der Waals surface area contributed by atoms with E-state index >= 15 is 0 Å². The fraction of sp³-hybridized carbons (Fsp3) is 0.250. The number of aryl methyl sites for hydroxylation is 1. The van der Waals surface area contributed by atoms with Crippen LogP contribution >= 0.6 is 11.3 Å². The molecule has 28 heavy (non-hydrogen) atoms. The molecule has 8 heteroatoms. The van der Waals surface area contributed by atoms with Crippen LogP contribution in [0.1, 0.15) is 18.2 Å². The second-order valence-electron chi connectivity index (χ2n) is 6.80. The Morgan fingerprint density at radius 1 is 1.21 bits per heavy atom. The molecule has 0 saturated carbocycles. The fourth-order valence-corrected chi connectivity index (χ4v) is 4.33. The summed E-state index contributed by atoms with van der Waals surface area (Å²) in [4.78, 5) is 27.7. The number of thiophene rings is 1. The van der Waals surface area contributed by atoms with E-state index in [9.17, 15) is 9.59 Å². The monoisotopic (exact) mass is 395 g/mol. The largest absolute Gasteiger partial charge is 0.335 e. The van der Waals surface area contributed by atoms with Crippen molar-refractivity contribution in [2.24, 2.45) is 7.05 Å². The first kappa shape index (κ1) is 18.2. The van der Waals surface area contributed by atoms with Crippen molar-refractivity contribution in [1.82, 2.24) is 20.0 Å². The number of carbonyl (C=O) groups is 2. The molecule has 0 unspecified atom stereocenters. The molecule has 2 aromatic heterocycles. The minimum atomic E-state index is -0.330. The fourth-order valence-electron chi connectivity index (χ4n) is 3.61. The third-order valence-electron chi connectivity index (χ3n) is 4.99. The van der Waals surface area contributed by atoms with Crippen molar-refractivity contribution in [2.45, 2.75) is 18.5 Å². The molecule has 1 fully saturated rings. The maximum Gasteiger partial charge on any atom is 0.319 e. The van der Waals surface area contributed by atoms with Gasteiger partial charge >= 0.3 is 6.03 Å². The first-order chi connectivity index (χ1) is 13.5. The molecule has 144 valence electrons. The van der Waals surface area contributed by atoms with Gasteiger partial charge in [-0.2, -0.15) is 5.10 Å². The number of urea groups is 1. The molecule has 1 aromatic carbocycles. The van der Waals surface area contributed by atoms with Gasteiger partial charge in [0.2, 0.25) is 5.91 Å². The average Bonchev–Trinajstić information content (AvgIpc) is 3.39. The highest BCUT2D eigenvalue weighted by molar-refractivity contribution is 7.13. The molecule has 2 N–H and O–H groups in total. The van der Waals surface area contributed by atoms with E-state index in [0.29, 0.717) is 5.69 Å². The van der Waals surface area contributed by atoms with Gasteiger partial charge in [0.15, 0.2) is 0 Å². The standard InChI is InChI=1S/C20H21N5O2S/c1-24-18(26)12-15(19(24)16-8-9-21-25(16)2)23-20(27)22-14-6-3-5-13(11-14)17-7-4-10-28-17/h3-11,15,19H,12H2,1-2H3,(H2,22,23,27)/t15-,19-/m1/s1. The molecule has 3 amide bonds. The number of rotatable bonds is 4. The van der Waals surface area contributed by atoms with Gasteiger partial charge < -0.3 is 15.5 Å². The zero-order chi connectivity index (χ0) is 19.7. The van der Waals surface area contributed by atoms with Gasteiger partial charge in [-0.3, -0.25) is 9.48 Å². The number of nitrogens with one attached hydrogen (secondary N) is 2. The quantitative estimate of drug-likeness (QED) is 0.712. The summed E-state index contributed by atoms with van der Waals surface area (Å²) in [6.45, 7) is 0. The van der Waals surface area contributed by atoms with Gasteiger partial charge in [-0.1, -0.05) is 18.2 Å². The summed E-state index contributed by atoms with van der Waals surface area (Å²) >= 11 is 1.65. The molecule has 3 aromatic rings. The second-order valence-corrected chi connectivity index (χ2v) is 7.74. The van der Waals surface area contributed by atoms with Gasteiger partial charge in [-0.15, -0.1) is 11.3 Å². The van der Waals surface area contributed by atoms with Crippen LogP contribution in [0.5, 0.6) is 0 Å². The smallest absolute Gasteiger partial charge is 0.319 e. The molecule has 0 bridgehead atoms. The Labute approximate surface area is 167 Å². The van der Waals surface area contributed by atoms with E-state index in [-0.39, 0.29) is 30.4 Å². The first-order valence-electron chi connectivity index (χ1n) is 8.98. The van der Waals surface area contributed by atoms with Crippen molar-refractivity contribution in [2.75, 3.05) is 12.4 Å². The van der Waals surface area contributed by atoms with Gasteiger partial charge in [0.1, 0.15) is 0 Å². The Bertz CT molecular complexity index is 998. The number of hydrogen-bond donors (Lipinski definition) is 2. The van der Waals surface area contributed by atoms with Crippen LogP contribution in [0, 0.1) is 0 Å². The van der Waals surface area contributed by atoms with Crippen LogP contribution in [-0.2, 0) is 11.8 Å². The van der Waals surface area contributed by atoms with Crippen molar-refractivity contribution in [3.63, 3.8) is 0 Å². The van der Waals surface area contributed by atoms with E-state index in [2.05, 4.69) is 15.7 Å².